The van der Waals surface area contributed by atoms with Crippen LogP contribution in [-0.2, 0) is 28.4 Å². The molecule has 0 aromatic heterocycles. The van der Waals surface area contributed by atoms with Crippen LogP contribution in [0.5, 0.6) is 0 Å². The number of thioether (sulfide) groups is 1. The molecule has 2 aromatic carbocycles. The molecule has 1 saturated carbocycles. The summed E-state index contributed by atoms with van der Waals surface area (Å²) in [7, 11) is 1.82. The lowest BCUT2D eigenvalue weighted by molar-refractivity contribution is -0.137. The number of piperidine rings is 1. The van der Waals surface area contributed by atoms with Gasteiger partial charge < -0.3 is 5.32 Å². The van der Waals surface area contributed by atoms with Crippen molar-refractivity contribution in [2.45, 2.75) is 88.2 Å². The van der Waals surface area contributed by atoms with Gasteiger partial charge in [0, 0.05) is 41.8 Å². The Balaban J connectivity index is 1.38. The molecule has 2 aliphatic rings. The molecule has 2 aromatic rings. The van der Waals surface area contributed by atoms with E-state index in [2.05, 4.69) is 24.5 Å². The maximum atomic E-state index is 15.0. The lowest BCUT2D eigenvalue weighted by Crippen LogP contribution is -2.51. The van der Waals surface area contributed by atoms with Gasteiger partial charge in [-0.2, -0.15) is 0 Å². The fourth-order valence-electron chi connectivity index (χ4n) is 5.30. The fraction of sp³-hybridized carbons (Fsp3) is 0.500. The molecule has 204 valence electrons. The molecule has 0 radical (unpaired) electrons. The molecular weight excluding hydrogens is 501 g/mol. The van der Waals surface area contributed by atoms with Gasteiger partial charge in [-0.1, -0.05) is 38.1 Å². The lowest BCUT2D eigenvalue weighted by Gasteiger charge is -2.34. The minimum atomic E-state index is -0.441. The number of rotatable bonds is 10. The van der Waals surface area contributed by atoms with Crippen LogP contribution in [0.2, 0.25) is 0 Å². The zero-order valence-corrected chi connectivity index (χ0v) is 23.3. The third kappa shape index (κ3) is 7.30. The predicted molar refractivity (Wildman–Crippen MR) is 148 cm³/mol. The van der Waals surface area contributed by atoms with Gasteiger partial charge in [0.1, 0.15) is 12.1 Å². The first-order chi connectivity index (χ1) is 18.1. The van der Waals surface area contributed by atoms with Crippen molar-refractivity contribution < 1.29 is 18.8 Å². The number of benzene rings is 2. The minimum absolute atomic E-state index is 0.227. The predicted octanol–water partition coefficient (Wildman–Crippen LogP) is 5.23. The van der Waals surface area contributed by atoms with Gasteiger partial charge in [0.05, 0.1) is 6.04 Å². The summed E-state index contributed by atoms with van der Waals surface area (Å²) in [5.74, 6) is -0.374. The van der Waals surface area contributed by atoms with Gasteiger partial charge in [0.15, 0.2) is 0 Å². The Kier molecular flexibility index (Phi) is 9.39. The number of imide groups is 1. The second-order valence-electron chi connectivity index (χ2n) is 11.4. The second-order valence-corrected chi connectivity index (χ2v) is 12.4. The number of carbonyl (C=O) groups excluding carboxylic acids is 3. The van der Waals surface area contributed by atoms with Gasteiger partial charge in [-0.05, 0) is 73.4 Å². The number of hydrogen-bond acceptors (Lipinski definition) is 6. The molecule has 1 aliphatic carbocycles. The Morgan fingerprint density at radius 3 is 2.61 bits per heavy atom. The monoisotopic (exact) mass is 539 g/mol. The molecule has 2 N–H and O–H groups in total. The van der Waals surface area contributed by atoms with Crippen LogP contribution in [0, 0.1) is 11.2 Å². The van der Waals surface area contributed by atoms with E-state index in [1.54, 1.807) is 12.1 Å². The Hall–Kier alpha value is -2.55. The average Bonchev–Trinajstić information content (AvgIpc) is 2.88. The van der Waals surface area contributed by atoms with E-state index in [-0.39, 0.29) is 17.6 Å². The Morgan fingerprint density at radius 1 is 1.16 bits per heavy atom. The largest absolute Gasteiger partial charge is 0.310 e. The van der Waals surface area contributed by atoms with Crippen molar-refractivity contribution in [2.75, 3.05) is 7.05 Å². The summed E-state index contributed by atoms with van der Waals surface area (Å²) >= 11 is 1.48. The number of amides is 2. The van der Waals surface area contributed by atoms with Crippen LogP contribution in [0.1, 0.15) is 79.4 Å². The Labute approximate surface area is 229 Å². The number of halogens is 1. The molecule has 0 bridgehead atoms. The van der Waals surface area contributed by atoms with Crippen LogP contribution in [0.3, 0.4) is 0 Å². The molecule has 0 spiro atoms. The molecule has 1 heterocycles. The average molecular weight is 540 g/mol. The standard InChI is InChI=1S/C30H38FN3O3S/c1-30(2)13-11-23(12-14-30)32-16-20-7-8-22(25(31)15-20)19-38-27-6-4-5-21(18-35)24(27)17-34(3)26-9-10-28(36)33-29(26)37/h4-8,15,18,23,26,32H,9-14,16-17,19H2,1-3H3,(H,33,36,37). The van der Waals surface area contributed by atoms with Crippen molar-refractivity contribution in [3.8, 4) is 0 Å². The highest BCUT2D eigenvalue weighted by Gasteiger charge is 2.30. The van der Waals surface area contributed by atoms with Gasteiger partial charge in [0.25, 0.3) is 0 Å². The van der Waals surface area contributed by atoms with Crippen LogP contribution in [0.15, 0.2) is 41.3 Å². The molecule has 2 amide bonds. The summed E-state index contributed by atoms with van der Waals surface area (Å²) in [5, 5.41) is 5.98. The maximum Gasteiger partial charge on any atom is 0.243 e. The molecule has 6 nitrogen and oxygen atoms in total. The summed E-state index contributed by atoms with van der Waals surface area (Å²) in [6.45, 7) is 5.68. The number of nitrogens with zero attached hydrogens (tertiary/aromatic N) is 1. The third-order valence-corrected chi connectivity index (χ3v) is 9.03. The van der Waals surface area contributed by atoms with Crippen LogP contribution in [0.4, 0.5) is 4.39 Å². The second kappa shape index (κ2) is 12.5. The van der Waals surface area contributed by atoms with Gasteiger partial charge in [-0.25, -0.2) is 4.39 Å². The fourth-order valence-corrected chi connectivity index (χ4v) is 6.38. The first-order valence-corrected chi connectivity index (χ1v) is 14.4. The number of hydrogen-bond donors (Lipinski definition) is 2. The summed E-state index contributed by atoms with van der Waals surface area (Å²) < 4.78 is 15.0. The number of likely N-dealkylation sites (N-methyl/N-ethyl adjacent to an activating group) is 1. The van der Waals surface area contributed by atoms with Gasteiger partial charge in [0.2, 0.25) is 11.8 Å². The highest BCUT2D eigenvalue weighted by atomic mass is 32.2. The molecule has 1 saturated heterocycles. The normalized spacial score (nSPS) is 20.0. The minimum Gasteiger partial charge on any atom is -0.310 e. The van der Waals surface area contributed by atoms with Crippen LogP contribution in [0.25, 0.3) is 0 Å². The number of nitrogens with one attached hydrogen (secondary N) is 2. The first kappa shape index (κ1) is 28.5. The quantitative estimate of drug-likeness (QED) is 0.245. The van der Waals surface area contributed by atoms with E-state index in [4.69, 9.17) is 0 Å². The van der Waals surface area contributed by atoms with Crippen LogP contribution >= 0.6 is 11.8 Å². The molecule has 1 atom stereocenters. The Bertz CT molecular complexity index is 1180. The van der Waals surface area contributed by atoms with Crippen LogP contribution in [-0.4, -0.2) is 42.1 Å². The van der Waals surface area contributed by atoms with E-state index >= 15 is 4.39 Å². The highest BCUT2D eigenvalue weighted by molar-refractivity contribution is 7.98. The van der Waals surface area contributed by atoms with Crippen molar-refractivity contribution in [1.82, 2.24) is 15.5 Å². The van der Waals surface area contributed by atoms with E-state index in [9.17, 15) is 14.4 Å². The maximum absolute atomic E-state index is 15.0. The van der Waals surface area contributed by atoms with E-state index in [1.807, 2.05) is 36.2 Å². The molecule has 1 aliphatic heterocycles. The molecule has 8 heteroatoms. The smallest absolute Gasteiger partial charge is 0.243 e. The van der Waals surface area contributed by atoms with Crippen molar-refractivity contribution in [3.05, 3.63) is 64.5 Å². The molecule has 2 fully saturated rings. The van der Waals surface area contributed by atoms with E-state index < -0.39 is 6.04 Å². The highest BCUT2D eigenvalue weighted by Crippen LogP contribution is 2.35. The zero-order valence-electron chi connectivity index (χ0n) is 22.5. The SMILES string of the molecule is CN(Cc1c(C=O)cccc1SCc1ccc(CNC2CCC(C)(C)CC2)cc1F)C1CCC(=O)NC1=O. The topological polar surface area (TPSA) is 78.5 Å². The van der Waals surface area contributed by atoms with Gasteiger partial charge >= 0.3 is 0 Å². The number of aldehydes is 1. The zero-order chi connectivity index (χ0) is 27.3. The first-order valence-electron chi connectivity index (χ1n) is 13.4. The van der Waals surface area contributed by atoms with Gasteiger partial charge in [-0.15, -0.1) is 11.8 Å². The van der Waals surface area contributed by atoms with E-state index in [0.717, 1.165) is 35.2 Å². The summed E-state index contributed by atoms with van der Waals surface area (Å²) in [6, 6.07) is 11.0. The van der Waals surface area contributed by atoms with Crippen molar-refractivity contribution >= 4 is 29.9 Å². The molecular formula is C30H38FN3O3S. The molecule has 38 heavy (non-hydrogen) atoms. The molecule has 4 rings (SSSR count). The van der Waals surface area contributed by atoms with Crippen LogP contribution < -0.4 is 10.6 Å². The van der Waals surface area contributed by atoms with Crippen molar-refractivity contribution in [1.29, 1.82) is 0 Å². The Morgan fingerprint density at radius 2 is 1.92 bits per heavy atom. The summed E-state index contributed by atoms with van der Waals surface area (Å²) in [4.78, 5) is 38.4. The van der Waals surface area contributed by atoms with Crippen molar-refractivity contribution in [2.24, 2.45) is 5.41 Å². The van der Waals surface area contributed by atoms with E-state index in [1.165, 1.54) is 24.6 Å². The summed E-state index contributed by atoms with van der Waals surface area (Å²) in [5.41, 5.74) is 3.32. The van der Waals surface area contributed by atoms with Crippen molar-refractivity contribution in [3.63, 3.8) is 0 Å². The van der Waals surface area contributed by atoms with Gasteiger partial charge in [-0.3, -0.25) is 24.6 Å². The third-order valence-electron chi connectivity index (χ3n) is 7.88. The lowest BCUT2D eigenvalue weighted by atomic mass is 9.75. The molecule has 1 unspecified atom stereocenters. The number of carbonyl (C=O) groups is 3. The van der Waals surface area contributed by atoms with E-state index in [0.29, 0.717) is 54.3 Å². The summed E-state index contributed by atoms with van der Waals surface area (Å²) in [6.07, 6.45) is 6.29.